The lowest BCUT2D eigenvalue weighted by molar-refractivity contribution is 0.415. The fourth-order valence-corrected chi connectivity index (χ4v) is 3.15. The number of benzene rings is 1. The second-order valence-corrected chi connectivity index (χ2v) is 6.58. The third kappa shape index (κ3) is 1.93. The van der Waals surface area contributed by atoms with Gasteiger partial charge in [0.25, 0.3) is 0 Å². The number of hydrogen-bond donors (Lipinski definition) is 0. The molecule has 0 heterocycles. The summed E-state index contributed by atoms with van der Waals surface area (Å²) in [6.07, 6.45) is 1.33. The Kier molecular flexibility index (Phi) is 2.54. The molecule has 76 valence electrons. The topological polar surface area (TPSA) is 34.1 Å². The highest BCUT2D eigenvalue weighted by Gasteiger charge is 2.38. The minimum absolute atomic E-state index is 0.339. The summed E-state index contributed by atoms with van der Waals surface area (Å²) >= 11 is 0. The Morgan fingerprint density at radius 1 is 1.14 bits per heavy atom. The van der Waals surface area contributed by atoms with E-state index in [9.17, 15) is 8.42 Å². The van der Waals surface area contributed by atoms with Crippen molar-refractivity contribution >= 4 is 19.7 Å². The van der Waals surface area contributed by atoms with Gasteiger partial charge < -0.3 is 0 Å². The smallest absolute Gasteiger partial charge is 0.212 e. The molecule has 0 N–H and O–H groups in total. The molecule has 2 nitrogen and oxygen atoms in total. The summed E-state index contributed by atoms with van der Waals surface area (Å²) in [6, 6.07) is 9.96. The molecule has 1 aliphatic rings. The molecule has 0 amide bonds. The average Bonchev–Trinajstić information content (AvgIpc) is 2.00. The Morgan fingerprint density at radius 2 is 1.71 bits per heavy atom. The predicted molar refractivity (Wildman–Crippen MR) is 57.0 cm³/mol. The van der Waals surface area contributed by atoms with Crippen molar-refractivity contribution in [2.75, 3.05) is 0 Å². The van der Waals surface area contributed by atoms with Gasteiger partial charge >= 0.3 is 0 Å². The largest absolute Gasteiger partial charge is 0.235 e. The van der Waals surface area contributed by atoms with Crippen molar-refractivity contribution in [1.82, 2.24) is 0 Å². The molecular weight excluding hydrogens is 220 g/mol. The molecule has 0 radical (unpaired) electrons. The molecule has 1 aliphatic carbocycles. The van der Waals surface area contributed by atoms with Gasteiger partial charge in [-0.2, -0.15) is 0 Å². The lowest BCUT2D eigenvalue weighted by atomic mass is 9.79. The lowest BCUT2D eigenvalue weighted by Crippen LogP contribution is -2.31. The molecule has 0 aromatic heterocycles. The minimum atomic E-state index is -3.33. The Labute approximate surface area is 88.3 Å². The summed E-state index contributed by atoms with van der Waals surface area (Å²) in [4.78, 5) is 0. The van der Waals surface area contributed by atoms with Crippen molar-refractivity contribution in [2.45, 2.75) is 24.0 Å². The van der Waals surface area contributed by atoms with Crippen LogP contribution in [0.5, 0.6) is 0 Å². The third-order valence-electron chi connectivity index (χ3n) is 2.76. The second kappa shape index (κ2) is 3.55. The van der Waals surface area contributed by atoms with Gasteiger partial charge in [0.2, 0.25) is 9.05 Å². The van der Waals surface area contributed by atoms with Crippen LogP contribution in [0.4, 0.5) is 0 Å². The predicted octanol–water partition coefficient (Wildman–Crippen LogP) is 2.50. The van der Waals surface area contributed by atoms with Crippen LogP contribution in [-0.4, -0.2) is 13.7 Å². The maximum Gasteiger partial charge on any atom is 0.235 e. The molecule has 0 spiro atoms. The van der Waals surface area contributed by atoms with Gasteiger partial charge in [0.1, 0.15) is 0 Å². The van der Waals surface area contributed by atoms with Crippen molar-refractivity contribution in [3.8, 4) is 0 Å². The highest BCUT2D eigenvalue weighted by atomic mass is 35.7. The first-order valence-corrected chi connectivity index (χ1v) is 6.93. The van der Waals surface area contributed by atoms with E-state index in [1.807, 2.05) is 30.3 Å². The summed E-state index contributed by atoms with van der Waals surface area (Å²) in [7, 11) is 1.93. The van der Waals surface area contributed by atoms with Crippen LogP contribution in [0.2, 0.25) is 0 Å². The quantitative estimate of drug-likeness (QED) is 0.732. The van der Waals surface area contributed by atoms with E-state index in [-0.39, 0.29) is 5.25 Å². The normalized spacial score (nSPS) is 26.9. The molecule has 0 atom stereocenters. The van der Waals surface area contributed by atoms with Gasteiger partial charge in [-0.25, -0.2) is 8.42 Å². The van der Waals surface area contributed by atoms with Gasteiger partial charge in [0.15, 0.2) is 0 Å². The van der Waals surface area contributed by atoms with Crippen molar-refractivity contribution in [1.29, 1.82) is 0 Å². The molecule has 14 heavy (non-hydrogen) atoms. The summed E-state index contributed by atoms with van der Waals surface area (Å²) < 4.78 is 21.9. The lowest BCUT2D eigenvalue weighted by Gasteiger charge is -2.33. The van der Waals surface area contributed by atoms with Crippen LogP contribution in [0.1, 0.15) is 24.3 Å². The third-order valence-corrected chi connectivity index (χ3v) is 4.70. The molecule has 0 saturated heterocycles. The first kappa shape index (κ1) is 9.99. The van der Waals surface area contributed by atoms with Crippen LogP contribution in [-0.2, 0) is 9.05 Å². The summed E-state index contributed by atoms with van der Waals surface area (Å²) in [6.45, 7) is 0. The van der Waals surface area contributed by atoms with E-state index in [2.05, 4.69) is 0 Å². The maximum absolute atomic E-state index is 11.0. The molecule has 1 fully saturated rings. The Balaban J connectivity index is 2.03. The van der Waals surface area contributed by atoms with E-state index in [1.165, 1.54) is 5.56 Å². The fourth-order valence-electron chi connectivity index (χ4n) is 1.79. The van der Waals surface area contributed by atoms with Gasteiger partial charge in [-0.3, -0.25) is 0 Å². The van der Waals surface area contributed by atoms with Crippen molar-refractivity contribution < 1.29 is 8.42 Å². The highest BCUT2D eigenvalue weighted by Crippen LogP contribution is 2.41. The van der Waals surface area contributed by atoms with Crippen LogP contribution in [0.3, 0.4) is 0 Å². The first-order chi connectivity index (χ1) is 6.57. The van der Waals surface area contributed by atoms with Crippen LogP contribution in [0, 0.1) is 0 Å². The fraction of sp³-hybridized carbons (Fsp3) is 0.400. The molecule has 0 unspecified atom stereocenters. The van der Waals surface area contributed by atoms with Crippen LogP contribution >= 0.6 is 10.7 Å². The zero-order chi connectivity index (χ0) is 10.2. The van der Waals surface area contributed by atoms with Crippen molar-refractivity contribution in [3.63, 3.8) is 0 Å². The van der Waals surface area contributed by atoms with Gasteiger partial charge in [0, 0.05) is 10.7 Å². The van der Waals surface area contributed by atoms with E-state index in [0.29, 0.717) is 18.8 Å². The Bertz CT molecular complexity index is 407. The SMILES string of the molecule is O=S(=O)(Cl)C1CC(c2ccccc2)C1. The van der Waals surface area contributed by atoms with Gasteiger partial charge in [0.05, 0.1) is 5.25 Å². The van der Waals surface area contributed by atoms with Gasteiger partial charge in [-0.15, -0.1) is 0 Å². The summed E-state index contributed by atoms with van der Waals surface area (Å²) in [5.41, 5.74) is 1.21. The van der Waals surface area contributed by atoms with E-state index in [4.69, 9.17) is 10.7 Å². The summed E-state index contributed by atoms with van der Waals surface area (Å²) in [5.74, 6) is 0.370. The number of rotatable bonds is 2. The highest BCUT2D eigenvalue weighted by molar-refractivity contribution is 8.14. The molecule has 1 aromatic rings. The second-order valence-electron chi connectivity index (χ2n) is 3.68. The zero-order valence-electron chi connectivity index (χ0n) is 7.56. The van der Waals surface area contributed by atoms with E-state index in [0.717, 1.165) is 0 Å². The van der Waals surface area contributed by atoms with Crippen molar-refractivity contribution in [3.05, 3.63) is 35.9 Å². The zero-order valence-corrected chi connectivity index (χ0v) is 9.13. The first-order valence-electron chi connectivity index (χ1n) is 4.56. The van der Waals surface area contributed by atoms with Crippen LogP contribution in [0.25, 0.3) is 0 Å². The molecular formula is C10H11ClO2S. The van der Waals surface area contributed by atoms with E-state index < -0.39 is 9.05 Å². The van der Waals surface area contributed by atoms with Gasteiger partial charge in [-0.05, 0) is 24.3 Å². The molecule has 2 rings (SSSR count). The molecule has 1 saturated carbocycles. The molecule has 1 aromatic carbocycles. The standard InChI is InChI=1S/C10H11ClO2S/c11-14(12,13)10-6-9(7-10)8-4-2-1-3-5-8/h1-5,9-10H,6-7H2. The summed E-state index contributed by atoms with van der Waals surface area (Å²) in [5, 5.41) is -0.339. The Morgan fingerprint density at radius 3 is 2.21 bits per heavy atom. The van der Waals surface area contributed by atoms with Crippen LogP contribution < -0.4 is 0 Å². The Hall–Kier alpha value is -0.540. The number of hydrogen-bond acceptors (Lipinski definition) is 2. The van der Waals surface area contributed by atoms with E-state index in [1.54, 1.807) is 0 Å². The van der Waals surface area contributed by atoms with Crippen LogP contribution in [0.15, 0.2) is 30.3 Å². The maximum atomic E-state index is 11.0. The monoisotopic (exact) mass is 230 g/mol. The number of halogens is 1. The molecule has 0 aliphatic heterocycles. The van der Waals surface area contributed by atoms with E-state index >= 15 is 0 Å². The van der Waals surface area contributed by atoms with Crippen molar-refractivity contribution in [2.24, 2.45) is 0 Å². The average molecular weight is 231 g/mol. The van der Waals surface area contributed by atoms with Gasteiger partial charge in [-0.1, -0.05) is 30.3 Å². The minimum Gasteiger partial charge on any atom is -0.212 e. The molecule has 0 bridgehead atoms. The molecule has 4 heteroatoms.